The molecule has 2 aliphatic heterocycles. The molecule has 0 bridgehead atoms. The number of ether oxygens (including phenoxy) is 2. The Hall–Kier alpha value is -0.650. The largest absolute Gasteiger partial charge is 0.432 e. The summed E-state index contributed by atoms with van der Waals surface area (Å²) < 4.78 is 11.0. The molecule has 1 aliphatic carbocycles. The molecular formula is C13H20O5. The van der Waals surface area contributed by atoms with E-state index < -0.39 is 18.2 Å². The Bertz CT molecular complexity index is 357. The Balaban J connectivity index is 1.94. The molecule has 3 aliphatic rings. The lowest BCUT2D eigenvalue weighted by Crippen LogP contribution is -2.66. The van der Waals surface area contributed by atoms with Crippen LogP contribution in [0.3, 0.4) is 0 Å². The zero-order valence-electron chi connectivity index (χ0n) is 11.0. The van der Waals surface area contributed by atoms with Gasteiger partial charge in [0.2, 0.25) is 6.29 Å². The summed E-state index contributed by atoms with van der Waals surface area (Å²) in [5.41, 5.74) is -0.614. The molecular weight excluding hydrogens is 236 g/mol. The Labute approximate surface area is 107 Å². The van der Waals surface area contributed by atoms with E-state index in [9.17, 15) is 4.79 Å². The molecule has 0 aromatic rings. The molecule has 3 rings (SSSR count). The number of carbonyl (C=O) groups is 1. The normalized spacial score (nSPS) is 52.2. The van der Waals surface area contributed by atoms with Gasteiger partial charge in [0.05, 0.1) is 5.92 Å². The molecule has 1 unspecified atom stereocenters. The highest BCUT2D eigenvalue weighted by atomic mass is 17.2. The van der Waals surface area contributed by atoms with Gasteiger partial charge in [-0.1, -0.05) is 20.3 Å². The van der Waals surface area contributed by atoms with Crippen LogP contribution < -0.4 is 0 Å². The van der Waals surface area contributed by atoms with Crippen LogP contribution >= 0.6 is 0 Å². The summed E-state index contributed by atoms with van der Waals surface area (Å²) >= 11 is 0. The first-order valence-electron chi connectivity index (χ1n) is 6.73. The van der Waals surface area contributed by atoms with Gasteiger partial charge in [-0.2, -0.15) is 0 Å². The van der Waals surface area contributed by atoms with Gasteiger partial charge in [-0.05, 0) is 25.7 Å². The Morgan fingerprint density at radius 1 is 1.22 bits per heavy atom. The summed E-state index contributed by atoms with van der Waals surface area (Å²) in [5, 5.41) is 0. The Morgan fingerprint density at radius 2 is 2.00 bits per heavy atom. The fourth-order valence-corrected chi connectivity index (χ4v) is 3.56. The van der Waals surface area contributed by atoms with E-state index >= 15 is 0 Å². The van der Waals surface area contributed by atoms with Crippen LogP contribution in [0.5, 0.6) is 0 Å². The Morgan fingerprint density at radius 3 is 2.78 bits per heavy atom. The minimum atomic E-state index is -0.627. The first-order chi connectivity index (χ1) is 8.53. The standard InChI is InChI=1S/C13H20O5/c1-7-4-5-10-8(2)11(14)16-12-13(10,6-7)18-17-9(3)15-12/h7-10,12H,4-6H2,1-3H3/t7-,8-,9?,10+,12+,13-/m1/s1. The van der Waals surface area contributed by atoms with Crippen LogP contribution in [0.15, 0.2) is 0 Å². The molecule has 2 heterocycles. The molecule has 5 nitrogen and oxygen atoms in total. The van der Waals surface area contributed by atoms with E-state index in [0.29, 0.717) is 5.92 Å². The quantitative estimate of drug-likeness (QED) is 0.490. The van der Waals surface area contributed by atoms with Crippen LogP contribution in [0.25, 0.3) is 0 Å². The monoisotopic (exact) mass is 256 g/mol. The second kappa shape index (κ2) is 4.18. The van der Waals surface area contributed by atoms with Gasteiger partial charge in [-0.15, -0.1) is 0 Å². The number of rotatable bonds is 0. The molecule has 1 spiro atoms. The number of esters is 1. The van der Waals surface area contributed by atoms with Crippen molar-refractivity contribution in [3.8, 4) is 0 Å². The van der Waals surface area contributed by atoms with Crippen molar-refractivity contribution < 1.29 is 24.0 Å². The van der Waals surface area contributed by atoms with Gasteiger partial charge in [-0.25, -0.2) is 9.78 Å². The van der Waals surface area contributed by atoms with Gasteiger partial charge < -0.3 is 9.47 Å². The SMILES string of the molecule is CC1OO[C@]23C[C@H](C)CC[C@H]2[C@@H](C)C(=O)O[C@@H]3O1. The third kappa shape index (κ3) is 1.68. The molecule has 0 N–H and O–H groups in total. The van der Waals surface area contributed by atoms with Crippen LogP contribution in [0.4, 0.5) is 0 Å². The molecule has 0 radical (unpaired) electrons. The van der Waals surface area contributed by atoms with Gasteiger partial charge in [0.1, 0.15) is 0 Å². The van der Waals surface area contributed by atoms with Crippen molar-refractivity contribution in [3.63, 3.8) is 0 Å². The third-order valence-corrected chi connectivity index (χ3v) is 4.52. The summed E-state index contributed by atoms with van der Waals surface area (Å²) in [7, 11) is 0. The summed E-state index contributed by atoms with van der Waals surface area (Å²) in [4.78, 5) is 22.8. The van der Waals surface area contributed by atoms with Crippen molar-refractivity contribution in [1.29, 1.82) is 0 Å². The number of hydrogen-bond donors (Lipinski definition) is 0. The van der Waals surface area contributed by atoms with Crippen LogP contribution in [0.2, 0.25) is 0 Å². The van der Waals surface area contributed by atoms with E-state index in [1.54, 1.807) is 6.92 Å². The van der Waals surface area contributed by atoms with Gasteiger partial charge >= 0.3 is 5.97 Å². The third-order valence-electron chi connectivity index (χ3n) is 4.52. The average molecular weight is 256 g/mol. The van der Waals surface area contributed by atoms with Crippen molar-refractivity contribution in [3.05, 3.63) is 0 Å². The zero-order chi connectivity index (χ0) is 12.9. The highest BCUT2D eigenvalue weighted by Crippen LogP contribution is 2.51. The van der Waals surface area contributed by atoms with Crippen LogP contribution in [0.1, 0.15) is 40.0 Å². The summed E-state index contributed by atoms with van der Waals surface area (Å²) in [6.45, 7) is 5.83. The van der Waals surface area contributed by atoms with E-state index in [1.165, 1.54) is 0 Å². The lowest BCUT2D eigenvalue weighted by Gasteiger charge is -2.54. The summed E-state index contributed by atoms with van der Waals surface area (Å²) in [5.74, 6) is 0.294. The maximum absolute atomic E-state index is 11.9. The number of carbonyl (C=O) groups excluding carboxylic acids is 1. The van der Waals surface area contributed by atoms with Crippen molar-refractivity contribution >= 4 is 5.97 Å². The van der Waals surface area contributed by atoms with Crippen LogP contribution in [0, 0.1) is 17.8 Å². The molecule has 6 atom stereocenters. The fourth-order valence-electron chi connectivity index (χ4n) is 3.56. The predicted molar refractivity (Wildman–Crippen MR) is 61.0 cm³/mol. The van der Waals surface area contributed by atoms with Crippen molar-refractivity contribution in [2.75, 3.05) is 0 Å². The lowest BCUT2D eigenvalue weighted by molar-refractivity contribution is -0.528. The maximum Gasteiger partial charge on any atom is 0.311 e. The van der Waals surface area contributed by atoms with Crippen molar-refractivity contribution in [1.82, 2.24) is 0 Å². The molecule has 0 amide bonds. The van der Waals surface area contributed by atoms with Gasteiger partial charge in [0.15, 0.2) is 11.9 Å². The minimum absolute atomic E-state index is 0.118. The highest BCUT2D eigenvalue weighted by Gasteiger charge is 2.62. The smallest absolute Gasteiger partial charge is 0.311 e. The summed E-state index contributed by atoms with van der Waals surface area (Å²) in [6, 6.07) is 0. The zero-order valence-corrected chi connectivity index (χ0v) is 11.0. The van der Waals surface area contributed by atoms with E-state index in [2.05, 4.69) is 6.92 Å². The van der Waals surface area contributed by atoms with Crippen molar-refractivity contribution in [2.24, 2.45) is 17.8 Å². The average Bonchev–Trinajstić information content (AvgIpc) is 2.32. The van der Waals surface area contributed by atoms with Gasteiger partial charge in [0, 0.05) is 5.92 Å². The molecule has 18 heavy (non-hydrogen) atoms. The second-order valence-electron chi connectivity index (χ2n) is 5.89. The van der Waals surface area contributed by atoms with Crippen molar-refractivity contribution in [2.45, 2.75) is 58.2 Å². The first kappa shape index (κ1) is 12.4. The van der Waals surface area contributed by atoms with E-state index in [4.69, 9.17) is 19.2 Å². The molecule has 1 saturated carbocycles. The van der Waals surface area contributed by atoms with E-state index in [0.717, 1.165) is 19.3 Å². The molecule has 0 aromatic carbocycles. The lowest BCUT2D eigenvalue weighted by atomic mass is 9.65. The van der Waals surface area contributed by atoms with Crippen LogP contribution in [-0.4, -0.2) is 24.2 Å². The number of hydrogen-bond acceptors (Lipinski definition) is 5. The molecule has 102 valence electrons. The minimum Gasteiger partial charge on any atom is -0.432 e. The van der Waals surface area contributed by atoms with E-state index in [1.807, 2.05) is 6.92 Å². The molecule has 2 saturated heterocycles. The van der Waals surface area contributed by atoms with Crippen LogP contribution in [-0.2, 0) is 24.0 Å². The molecule has 5 heteroatoms. The molecule has 0 aromatic heterocycles. The predicted octanol–water partition coefficient (Wildman–Crippen LogP) is 2.00. The van der Waals surface area contributed by atoms with Gasteiger partial charge in [-0.3, -0.25) is 4.79 Å². The van der Waals surface area contributed by atoms with Gasteiger partial charge in [0.25, 0.3) is 0 Å². The summed E-state index contributed by atoms with van der Waals surface area (Å²) in [6.07, 6.45) is 1.75. The highest BCUT2D eigenvalue weighted by molar-refractivity contribution is 5.74. The maximum atomic E-state index is 11.9. The Kier molecular flexibility index (Phi) is 2.88. The molecule has 3 fully saturated rings. The van der Waals surface area contributed by atoms with E-state index in [-0.39, 0.29) is 17.8 Å². The topological polar surface area (TPSA) is 54.0 Å². The fraction of sp³-hybridized carbons (Fsp3) is 0.923. The second-order valence-corrected chi connectivity index (χ2v) is 5.89. The first-order valence-corrected chi connectivity index (χ1v) is 6.73.